The number of hydrogen-bond donors (Lipinski definition) is 2. The molecule has 0 radical (unpaired) electrons. The quantitative estimate of drug-likeness (QED) is 0.499. The van der Waals surface area contributed by atoms with Gasteiger partial charge in [0.25, 0.3) is 10.1 Å². The van der Waals surface area contributed by atoms with Crippen molar-refractivity contribution < 1.29 is 13.0 Å². The van der Waals surface area contributed by atoms with E-state index in [1.807, 2.05) is 0 Å². The number of nitrogens with one attached hydrogen (secondary N) is 1. The molecule has 0 aromatic carbocycles. The Morgan fingerprint density at radius 3 is 1.93 bits per heavy atom. The van der Waals surface area contributed by atoms with Crippen molar-refractivity contribution in [1.82, 2.24) is 5.32 Å². The summed E-state index contributed by atoms with van der Waals surface area (Å²) in [5.74, 6) is -0.160. The van der Waals surface area contributed by atoms with Crippen LogP contribution in [0, 0.1) is 0 Å². The van der Waals surface area contributed by atoms with Gasteiger partial charge < -0.3 is 5.32 Å². The van der Waals surface area contributed by atoms with E-state index < -0.39 is 10.1 Å². The summed E-state index contributed by atoms with van der Waals surface area (Å²) < 4.78 is 29.5. The van der Waals surface area contributed by atoms with Crippen molar-refractivity contribution in [2.45, 2.75) is 52.0 Å². The van der Waals surface area contributed by atoms with Crippen LogP contribution in [-0.2, 0) is 10.1 Å². The van der Waals surface area contributed by atoms with Crippen molar-refractivity contribution in [2.24, 2.45) is 0 Å². The molecule has 0 rings (SSSR count). The van der Waals surface area contributed by atoms with E-state index in [1.165, 1.54) is 0 Å². The predicted molar refractivity (Wildman–Crippen MR) is 62.6 cm³/mol. The van der Waals surface area contributed by atoms with E-state index in [1.54, 1.807) is 0 Å². The van der Waals surface area contributed by atoms with Crippen LogP contribution in [0.25, 0.3) is 0 Å². The predicted octanol–water partition coefficient (Wildman–Crippen LogP) is 1.82. The minimum absolute atomic E-state index is 0.124. The van der Waals surface area contributed by atoms with Gasteiger partial charge in [-0.05, 0) is 32.2 Å². The van der Waals surface area contributed by atoms with Crippen molar-refractivity contribution >= 4 is 10.1 Å². The minimum Gasteiger partial charge on any atom is -0.311 e. The van der Waals surface area contributed by atoms with E-state index in [-0.39, 0.29) is 11.3 Å². The molecule has 0 aromatic rings. The fourth-order valence-electron chi connectivity index (χ4n) is 1.73. The molecule has 0 amide bonds. The first-order valence-corrected chi connectivity index (χ1v) is 7.20. The molecule has 92 valence electrons. The highest BCUT2D eigenvalue weighted by atomic mass is 32.2. The number of hydrogen-bond acceptors (Lipinski definition) is 3. The average Bonchev–Trinajstić information content (AvgIpc) is 2.18. The van der Waals surface area contributed by atoms with Gasteiger partial charge in [0, 0.05) is 5.54 Å². The third-order valence-corrected chi connectivity index (χ3v) is 3.91. The highest BCUT2D eigenvalue weighted by Gasteiger charge is 2.22. The van der Waals surface area contributed by atoms with Crippen molar-refractivity contribution in [3.63, 3.8) is 0 Å². The van der Waals surface area contributed by atoms with E-state index in [4.69, 9.17) is 4.55 Å². The van der Waals surface area contributed by atoms with Crippen LogP contribution >= 0.6 is 0 Å². The van der Waals surface area contributed by atoms with Crippen molar-refractivity contribution in [3.8, 4) is 0 Å². The van der Waals surface area contributed by atoms with Gasteiger partial charge in [0.05, 0.1) is 5.75 Å². The van der Waals surface area contributed by atoms with Crippen molar-refractivity contribution in [3.05, 3.63) is 0 Å². The van der Waals surface area contributed by atoms with Gasteiger partial charge in [-0.1, -0.05) is 20.8 Å². The maximum Gasteiger partial charge on any atom is 0.264 e. The Morgan fingerprint density at radius 1 is 1.13 bits per heavy atom. The fourth-order valence-corrected chi connectivity index (χ4v) is 2.24. The second-order valence-electron chi connectivity index (χ2n) is 3.91. The second-order valence-corrected chi connectivity index (χ2v) is 5.48. The van der Waals surface area contributed by atoms with Crippen LogP contribution in [0.1, 0.15) is 46.5 Å². The lowest BCUT2D eigenvalue weighted by molar-refractivity contribution is 0.291. The normalized spacial score (nSPS) is 13.1. The molecule has 0 saturated carbocycles. The summed E-state index contributed by atoms with van der Waals surface area (Å²) in [4.78, 5) is 0. The van der Waals surface area contributed by atoms with Crippen molar-refractivity contribution in [1.29, 1.82) is 0 Å². The highest BCUT2D eigenvalue weighted by molar-refractivity contribution is 7.85. The third kappa shape index (κ3) is 6.12. The summed E-state index contributed by atoms with van der Waals surface area (Å²) in [5.41, 5.74) is 0.124. The van der Waals surface area contributed by atoms with E-state index >= 15 is 0 Å². The molecule has 0 saturated heterocycles. The van der Waals surface area contributed by atoms with Crippen LogP contribution in [0.15, 0.2) is 0 Å². The molecule has 0 unspecified atom stereocenters. The lowest BCUT2D eigenvalue weighted by atomic mass is 9.90. The molecule has 15 heavy (non-hydrogen) atoms. The Bertz CT molecular complexity index is 250. The zero-order chi connectivity index (χ0) is 11.9. The molecule has 0 spiro atoms. The molecule has 5 heteroatoms. The summed E-state index contributed by atoms with van der Waals surface area (Å²) in [6, 6.07) is 0. The lowest BCUT2D eigenvalue weighted by Crippen LogP contribution is -2.44. The largest absolute Gasteiger partial charge is 0.311 e. The Labute approximate surface area is 93.2 Å². The molecule has 0 fully saturated rings. The third-order valence-electron chi connectivity index (χ3n) is 3.11. The van der Waals surface area contributed by atoms with Gasteiger partial charge >= 0.3 is 0 Å². The first-order chi connectivity index (χ1) is 6.89. The fraction of sp³-hybridized carbons (Fsp3) is 1.00. The maximum atomic E-state index is 10.5. The van der Waals surface area contributed by atoms with Gasteiger partial charge in [-0.15, -0.1) is 0 Å². The molecule has 2 N–H and O–H groups in total. The molecule has 0 atom stereocenters. The standard InChI is InChI=1S/C10H23NO3S/c1-4-10(5-2,6-3)11-8-7-9-15(12,13)14/h11H,4-9H2,1-3H3,(H,12,13,14). The lowest BCUT2D eigenvalue weighted by Gasteiger charge is -2.32. The number of rotatable bonds is 8. The molecule has 0 aromatic heterocycles. The van der Waals surface area contributed by atoms with Gasteiger partial charge in [0.15, 0.2) is 0 Å². The Kier molecular flexibility index (Phi) is 6.40. The van der Waals surface area contributed by atoms with Crippen LogP contribution in [0.3, 0.4) is 0 Å². The smallest absolute Gasteiger partial charge is 0.264 e. The zero-order valence-electron chi connectivity index (χ0n) is 9.91. The summed E-state index contributed by atoms with van der Waals surface area (Å²) in [7, 11) is -3.80. The monoisotopic (exact) mass is 237 g/mol. The summed E-state index contributed by atoms with van der Waals surface area (Å²) in [6.07, 6.45) is 3.56. The van der Waals surface area contributed by atoms with Gasteiger partial charge in [0.1, 0.15) is 0 Å². The van der Waals surface area contributed by atoms with Gasteiger partial charge in [-0.2, -0.15) is 8.42 Å². The molecule has 0 heterocycles. The Hall–Kier alpha value is -0.130. The van der Waals surface area contributed by atoms with E-state index in [9.17, 15) is 8.42 Å². The topological polar surface area (TPSA) is 66.4 Å². The SMILES string of the molecule is CCC(CC)(CC)NCCCS(=O)(=O)O. The van der Waals surface area contributed by atoms with Crippen LogP contribution < -0.4 is 5.32 Å². The summed E-state index contributed by atoms with van der Waals surface area (Å²) >= 11 is 0. The highest BCUT2D eigenvalue weighted by Crippen LogP contribution is 2.18. The summed E-state index contributed by atoms with van der Waals surface area (Å²) in [6.45, 7) is 7.02. The zero-order valence-corrected chi connectivity index (χ0v) is 10.7. The van der Waals surface area contributed by atoms with Gasteiger partial charge in [-0.25, -0.2) is 0 Å². The first-order valence-electron chi connectivity index (χ1n) is 5.59. The van der Waals surface area contributed by atoms with Crippen LogP contribution in [0.2, 0.25) is 0 Å². The van der Waals surface area contributed by atoms with Gasteiger partial charge in [0.2, 0.25) is 0 Å². The van der Waals surface area contributed by atoms with E-state index in [2.05, 4.69) is 26.1 Å². The Morgan fingerprint density at radius 2 is 1.60 bits per heavy atom. The van der Waals surface area contributed by atoms with Crippen LogP contribution in [0.4, 0.5) is 0 Å². The van der Waals surface area contributed by atoms with E-state index in [0.29, 0.717) is 13.0 Å². The van der Waals surface area contributed by atoms with Crippen LogP contribution in [0.5, 0.6) is 0 Å². The molecular formula is C10H23NO3S. The Balaban J connectivity index is 3.92. The summed E-state index contributed by atoms with van der Waals surface area (Å²) in [5, 5.41) is 3.38. The maximum absolute atomic E-state index is 10.5. The molecule has 0 bridgehead atoms. The van der Waals surface area contributed by atoms with Crippen molar-refractivity contribution in [2.75, 3.05) is 12.3 Å². The molecule has 4 nitrogen and oxygen atoms in total. The minimum atomic E-state index is -3.80. The van der Waals surface area contributed by atoms with Gasteiger partial charge in [-0.3, -0.25) is 4.55 Å². The second kappa shape index (κ2) is 6.45. The van der Waals surface area contributed by atoms with Crippen LogP contribution in [-0.4, -0.2) is 30.8 Å². The van der Waals surface area contributed by atoms with E-state index in [0.717, 1.165) is 19.3 Å². The molecule has 0 aliphatic heterocycles. The first kappa shape index (κ1) is 14.9. The molecule has 0 aliphatic carbocycles. The average molecular weight is 237 g/mol. The molecule has 0 aliphatic rings. The molecular weight excluding hydrogens is 214 g/mol.